The van der Waals surface area contributed by atoms with Crippen LogP contribution in [0, 0.1) is 13.8 Å². The summed E-state index contributed by atoms with van der Waals surface area (Å²) < 4.78 is 5.25. The molecule has 0 aliphatic heterocycles. The number of amides is 1. The third kappa shape index (κ3) is 4.52. The van der Waals surface area contributed by atoms with Gasteiger partial charge in [-0.15, -0.1) is 10.2 Å². The number of H-pyrrole nitrogens is 1. The number of hydrogen-bond acceptors (Lipinski definition) is 5. The second-order valence-corrected chi connectivity index (χ2v) is 10.4. The fraction of sp³-hybridized carbons (Fsp3) is 0.133. The number of hydrogen-bond donors (Lipinski definition) is 2. The largest absolute Gasteiger partial charge is 0.360 e. The van der Waals surface area contributed by atoms with Crippen LogP contribution in [0.1, 0.15) is 11.3 Å². The molecule has 0 saturated heterocycles. The molecule has 6 aromatic rings. The maximum Gasteiger partial charge on any atom is 0.295 e. The number of nitrogens with one attached hydrogen (secondary N) is 2. The molecule has 0 spiro atoms. The average Bonchev–Trinajstić information content (AvgIpc) is 3.64. The van der Waals surface area contributed by atoms with Crippen LogP contribution >= 0.6 is 11.8 Å². The van der Waals surface area contributed by atoms with E-state index in [9.17, 15) is 9.59 Å². The number of fused-ring (bicyclic) bond motifs is 1. The Balaban J connectivity index is 1.30. The lowest BCUT2D eigenvalue weighted by Gasteiger charge is -2.11. The second-order valence-electron chi connectivity index (χ2n) is 9.50. The summed E-state index contributed by atoms with van der Waals surface area (Å²) in [5.41, 5.74) is 5.29. The Kier molecular flexibility index (Phi) is 6.61. The molecule has 0 saturated carbocycles. The van der Waals surface area contributed by atoms with Crippen LogP contribution in [0.3, 0.4) is 0 Å². The summed E-state index contributed by atoms with van der Waals surface area (Å²) in [6, 6.07) is 25.4. The van der Waals surface area contributed by atoms with Gasteiger partial charge < -0.3 is 10.3 Å². The first-order valence-electron chi connectivity index (χ1n) is 12.8. The molecule has 2 N–H and O–H groups in total. The number of rotatable bonds is 7. The summed E-state index contributed by atoms with van der Waals surface area (Å²) in [5, 5.41) is 13.4. The van der Waals surface area contributed by atoms with Crippen LogP contribution in [-0.4, -0.2) is 40.8 Å². The molecule has 3 aromatic heterocycles. The molecule has 10 heteroatoms. The number of nitrogens with zero attached hydrogens (tertiary/aromatic N) is 5. The maximum atomic E-state index is 13.2. The number of aromatic amines is 1. The SMILES string of the molecule is Cc1cccc(-n2c(SCC(=O)Nc3c(C)n(C)n(-c4ccccc4)c3=O)nnc2-c2c[nH]c3ccccc23)c1. The standard InChI is InChI=1S/C30H27N7O2S/c1-19-10-9-13-22(16-19)36-28(24-17-31-25-15-8-7-14-23(24)25)33-34-30(36)40-18-26(38)32-27-20(2)35(3)37(29(27)39)21-11-5-4-6-12-21/h4-17,31H,18H2,1-3H3,(H,32,38). The first kappa shape index (κ1) is 25.4. The van der Waals surface area contributed by atoms with Crippen LogP contribution in [0.15, 0.2) is 95.0 Å². The highest BCUT2D eigenvalue weighted by Crippen LogP contribution is 2.32. The van der Waals surface area contributed by atoms with Crippen molar-refractivity contribution in [2.75, 3.05) is 11.1 Å². The summed E-state index contributed by atoms with van der Waals surface area (Å²) >= 11 is 1.27. The lowest BCUT2D eigenvalue weighted by atomic mass is 10.1. The zero-order valence-corrected chi connectivity index (χ0v) is 23.1. The highest BCUT2D eigenvalue weighted by molar-refractivity contribution is 7.99. The number of benzene rings is 3. The number of anilines is 1. The Bertz CT molecular complexity index is 1910. The van der Waals surface area contributed by atoms with E-state index >= 15 is 0 Å². The Labute approximate surface area is 234 Å². The molecular formula is C30H27N7O2S. The molecule has 200 valence electrons. The second kappa shape index (κ2) is 10.4. The highest BCUT2D eigenvalue weighted by atomic mass is 32.2. The van der Waals surface area contributed by atoms with Crippen LogP contribution in [-0.2, 0) is 11.8 Å². The van der Waals surface area contributed by atoms with Gasteiger partial charge >= 0.3 is 0 Å². The number of para-hydroxylation sites is 2. The quantitative estimate of drug-likeness (QED) is 0.265. The molecule has 0 fully saturated rings. The lowest BCUT2D eigenvalue weighted by molar-refractivity contribution is -0.113. The van der Waals surface area contributed by atoms with E-state index in [1.807, 2.05) is 97.4 Å². The van der Waals surface area contributed by atoms with E-state index in [1.165, 1.54) is 11.8 Å². The van der Waals surface area contributed by atoms with Crippen molar-refractivity contribution >= 4 is 34.3 Å². The van der Waals surface area contributed by atoms with Gasteiger partial charge in [-0.25, -0.2) is 4.68 Å². The van der Waals surface area contributed by atoms with Crippen molar-refractivity contribution in [3.05, 3.63) is 107 Å². The van der Waals surface area contributed by atoms with Crippen LogP contribution in [0.5, 0.6) is 0 Å². The Hall–Kier alpha value is -4.83. The van der Waals surface area contributed by atoms with Gasteiger partial charge in [0.1, 0.15) is 5.69 Å². The van der Waals surface area contributed by atoms with Crippen LogP contribution in [0.2, 0.25) is 0 Å². The molecule has 6 rings (SSSR count). The highest BCUT2D eigenvalue weighted by Gasteiger charge is 2.22. The van der Waals surface area contributed by atoms with Crippen LogP contribution in [0.4, 0.5) is 5.69 Å². The van der Waals surface area contributed by atoms with Gasteiger partial charge in [-0.3, -0.25) is 18.8 Å². The van der Waals surface area contributed by atoms with E-state index in [0.717, 1.165) is 33.4 Å². The van der Waals surface area contributed by atoms with Crippen molar-refractivity contribution in [1.82, 2.24) is 29.1 Å². The number of carbonyl (C=O) groups is 1. The van der Waals surface area contributed by atoms with E-state index in [2.05, 4.69) is 26.6 Å². The van der Waals surface area contributed by atoms with Gasteiger partial charge in [-0.2, -0.15) is 0 Å². The molecule has 0 aliphatic rings. The lowest BCUT2D eigenvalue weighted by Crippen LogP contribution is -2.23. The van der Waals surface area contributed by atoms with E-state index in [1.54, 1.807) is 16.4 Å². The van der Waals surface area contributed by atoms with E-state index in [-0.39, 0.29) is 22.9 Å². The average molecular weight is 550 g/mol. The Morgan fingerprint density at radius 2 is 1.70 bits per heavy atom. The van der Waals surface area contributed by atoms with E-state index in [4.69, 9.17) is 0 Å². The van der Waals surface area contributed by atoms with E-state index in [0.29, 0.717) is 16.7 Å². The zero-order valence-electron chi connectivity index (χ0n) is 22.3. The van der Waals surface area contributed by atoms with Crippen molar-refractivity contribution in [3.8, 4) is 22.8 Å². The minimum Gasteiger partial charge on any atom is -0.360 e. The van der Waals surface area contributed by atoms with Crippen molar-refractivity contribution < 1.29 is 4.79 Å². The minimum atomic E-state index is -0.302. The molecule has 0 unspecified atom stereocenters. The van der Waals surface area contributed by atoms with Crippen molar-refractivity contribution in [3.63, 3.8) is 0 Å². The maximum absolute atomic E-state index is 13.2. The number of aryl methyl sites for hydroxylation is 1. The van der Waals surface area contributed by atoms with Crippen LogP contribution in [0.25, 0.3) is 33.7 Å². The fourth-order valence-corrected chi connectivity index (χ4v) is 5.56. The Morgan fingerprint density at radius 1 is 0.950 bits per heavy atom. The topological polar surface area (TPSA) is 103 Å². The smallest absolute Gasteiger partial charge is 0.295 e. The van der Waals surface area contributed by atoms with Crippen LogP contribution < -0.4 is 10.9 Å². The normalized spacial score (nSPS) is 11.3. The van der Waals surface area contributed by atoms with Gasteiger partial charge in [0.15, 0.2) is 11.0 Å². The molecular weight excluding hydrogens is 522 g/mol. The van der Waals surface area contributed by atoms with Gasteiger partial charge in [0.25, 0.3) is 5.56 Å². The Morgan fingerprint density at radius 3 is 2.50 bits per heavy atom. The molecule has 0 aliphatic carbocycles. The van der Waals surface area contributed by atoms with E-state index < -0.39 is 0 Å². The van der Waals surface area contributed by atoms with Gasteiger partial charge in [0.05, 0.1) is 17.1 Å². The first-order chi connectivity index (χ1) is 19.4. The fourth-order valence-electron chi connectivity index (χ4n) is 4.81. The van der Waals surface area contributed by atoms with Gasteiger partial charge in [-0.1, -0.05) is 60.3 Å². The van der Waals surface area contributed by atoms with Crippen molar-refractivity contribution in [1.29, 1.82) is 0 Å². The summed E-state index contributed by atoms with van der Waals surface area (Å²) in [4.78, 5) is 29.6. The van der Waals surface area contributed by atoms with Gasteiger partial charge in [-0.05, 0) is 49.7 Å². The molecule has 3 heterocycles. The molecule has 1 amide bonds. The predicted octanol–water partition coefficient (Wildman–Crippen LogP) is 5.25. The third-order valence-electron chi connectivity index (χ3n) is 6.87. The van der Waals surface area contributed by atoms with Crippen molar-refractivity contribution in [2.45, 2.75) is 19.0 Å². The molecule has 9 nitrogen and oxygen atoms in total. The molecule has 0 bridgehead atoms. The summed E-state index contributed by atoms with van der Waals surface area (Å²) in [6.45, 7) is 3.84. The molecule has 0 atom stereocenters. The number of carbonyl (C=O) groups excluding carboxylic acids is 1. The molecule has 3 aromatic carbocycles. The monoisotopic (exact) mass is 549 g/mol. The number of thioether (sulfide) groups is 1. The summed E-state index contributed by atoms with van der Waals surface area (Å²) in [7, 11) is 1.80. The predicted molar refractivity (Wildman–Crippen MR) is 158 cm³/mol. The first-order valence-corrected chi connectivity index (χ1v) is 13.8. The minimum absolute atomic E-state index is 0.0525. The summed E-state index contributed by atoms with van der Waals surface area (Å²) in [5.74, 6) is 0.427. The molecule has 0 radical (unpaired) electrons. The van der Waals surface area contributed by atoms with Gasteiger partial charge in [0.2, 0.25) is 5.91 Å². The third-order valence-corrected chi connectivity index (χ3v) is 7.80. The molecule has 40 heavy (non-hydrogen) atoms. The number of aromatic nitrogens is 6. The van der Waals surface area contributed by atoms with Crippen molar-refractivity contribution in [2.24, 2.45) is 7.05 Å². The van der Waals surface area contributed by atoms with Gasteiger partial charge in [0, 0.05) is 35.4 Å². The summed E-state index contributed by atoms with van der Waals surface area (Å²) in [6.07, 6.45) is 1.93. The zero-order chi connectivity index (χ0) is 27.8.